The Hall–Kier alpha value is -0.860. The maximum atomic E-state index is 10.6. The molecule has 78 valence electrons. The zero-order chi connectivity index (χ0) is 10.8. The zero-order valence-electron chi connectivity index (χ0n) is 9.49. The summed E-state index contributed by atoms with van der Waals surface area (Å²) in [6, 6.07) is 9.82. The molecule has 0 aliphatic rings. The van der Waals surface area contributed by atoms with Crippen molar-refractivity contribution in [2.75, 3.05) is 6.54 Å². The Morgan fingerprint density at radius 1 is 1.14 bits per heavy atom. The van der Waals surface area contributed by atoms with Crippen molar-refractivity contribution in [3.05, 3.63) is 30.3 Å². The van der Waals surface area contributed by atoms with Gasteiger partial charge in [-0.15, -0.1) is 4.65 Å². The lowest BCUT2D eigenvalue weighted by molar-refractivity contribution is -0.139. The molecule has 0 aromatic heterocycles. The number of hydroxylamine groups is 2. The highest BCUT2D eigenvalue weighted by Gasteiger charge is 2.40. The minimum atomic E-state index is -0.198. The first-order valence-electron chi connectivity index (χ1n) is 5.08. The maximum Gasteiger partial charge on any atom is 0.165 e. The Kier molecular flexibility index (Phi) is 2.98. The van der Waals surface area contributed by atoms with Crippen LogP contribution in [0.25, 0.3) is 0 Å². The van der Waals surface area contributed by atoms with E-state index in [9.17, 15) is 5.21 Å². The van der Waals surface area contributed by atoms with E-state index in [0.29, 0.717) is 6.54 Å². The van der Waals surface area contributed by atoms with Crippen LogP contribution in [0, 0.1) is 0 Å². The summed E-state index contributed by atoms with van der Waals surface area (Å²) >= 11 is 0. The van der Waals surface area contributed by atoms with Crippen LogP contribution < -0.4 is 4.65 Å². The Morgan fingerprint density at radius 3 is 2.00 bits per heavy atom. The number of hydrogen-bond donors (Lipinski definition) is 1. The summed E-state index contributed by atoms with van der Waals surface area (Å²) in [7, 11) is 0. The summed E-state index contributed by atoms with van der Waals surface area (Å²) in [6.07, 6.45) is 0. The molecule has 1 atom stereocenters. The predicted molar refractivity (Wildman–Crippen MR) is 60.3 cm³/mol. The van der Waals surface area contributed by atoms with Crippen LogP contribution in [-0.4, -0.2) is 17.3 Å². The van der Waals surface area contributed by atoms with E-state index in [1.165, 1.54) is 0 Å². The summed E-state index contributed by atoms with van der Waals surface area (Å²) in [5, 5.41) is 10.6. The van der Waals surface area contributed by atoms with E-state index in [1.54, 1.807) is 0 Å². The fourth-order valence-corrected chi connectivity index (χ4v) is 1.72. The van der Waals surface area contributed by atoms with Crippen LogP contribution >= 0.6 is 0 Å². The van der Waals surface area contributed by atoms with Gasteiger partial charge in [-0.25, -0.2) is 5.21 Å². The van der Waals surface area contributed by atoms with Crippen molar-refractivity contribution in [3.63, 3.8) is 0 Å². The molecule has 0 aliphatic carbocycles. The van der Waals surface area contributed by atoms with Gasteiger partial charge in [0.1, 0.15) is 12.1 Å². The number of benzene rings is 1. The molecule has 2 nitrogen and oxygen atoms in total. The summed E-state index contributed by atoms with van der Waals surface area (Å²) in [5.41, 5.74) is 0.748. The van der Waals surface area contributed by atoms with Gasteiger partial charge in [-0.2, -0.15) is 0 Å². The van der Waals surface area contributed by atoms with E-state index >= 15 is 0 Å². The third-order valence-corrected chi connectivity index (χ3v) is 2.75. The molecule has 0 saturated heterocycles. The normalized spacial score (nSPS) is 16.4. The molecule has 1 aromatic carbocycles. The van der Waals surface area contributed by atoms with Gasteiger partial charge in [-0.05, 0) is 27.7 Å². The van der Waals surface area contributed by atoms with Crippen LogP contribution in [-0.2, 0) is 0 Å². The van der Waals surface area contributed by atoms with Crippen LogP contribution in [0.4, 0.5) is 5.69 Å². The van der Waals surface area contributed by atoms with Gasteiger partial charge >= 0.3 is 0 Å². The average Bonchev–Trinajstić information content (AvgIpc) is 2.16. The lowest BCUT2D eigenvalue weighted by atomic mass is 10.0. The largest absolute Gasteiger partial charge is 0.211 e. The van der Waals surface area contributed by atoms with Gasteiger partial charge in [0.2, 0.25) is 0 Å². The Balaban J connectivity index is 3.15. The van der Waals surface area contributed by atoms with Gasteiger partial charge in [0.05, 0.1) is 0 Å². The number of rotatable bonds is 2. The number of nitrogens with zero attached hydrogens (tertiary/aromatic N) is 1. The van der Waals surface area contributed by atoms with Gasteiger partial charge in [-0.3, -0.25) is 0 Å². The first-order chi connectivity index (χ1) is 6.42. The van der Waals surface area contributed by atoms with E-state index in [1.807, 2.05) is 58.0 Å². The summed E-state index contributed by atoms with van der Waals surface area (Å²) in [6.45, 7) is 8.81. The van der Waals surface area contributed by atoms with Crippen LogP contribution in [0.1, 0.15) is 27.7 Å². The van der Waals surface area contributed by atoms with Gasteiger partial charge in [0.15, 0.2) is 5.69 Å². The van der Waals surface area contributed by atoms with E-state index < -0.39 is 0 Å². The molecular weight excluding hydrogens is 174 g/mol. The molecule has 0 radical (unpaired) electrons. The second kappa shape index (κ2) is 3.71. The van der Waals surface area contributed by atoms with Crippen LogP contribution in [0.2, 0.25) is 0 Å². The van der Waals surface area contributed by atoms with E-state index in [4.69, 9.17) is 0 Å². The van der Waals surface area contributed by atoms with Crippen LogP contribution in [0.5, 0.6) is 0 Å². The van der Waals surface area contributed by atoms with E-state index in [-0.39, 0.29) is 10.2 Å². The molecule has 0 bridgehead atoms. The van der Waals surface area contributed by atoms with Crippen molar-refractivity contribution >= 4 is 5.69 Å². The first-order valence-corrected chi connectivity index (χ1v) is 5.08. The molecule has 1 unspecified atom stereocenters. The number of hydrogen-bond acceptors (Lipinski definition) is 1. The maximum absolute atomic E-state index is 10.6. The molecule has 0 saturated carbocycles. The second-order valence-electron chi connectivity index (χ2n) is 4.59. The van der Waals surface area contributed by atoms with Crippen molar-refractivity contribution in [3.8, 4) is 0 Å². The summed E-state index contributed by atoms with van der Waals surface area (Å²) < 4.78 is -0.0200. The average molecular weight is 194 g/mol. The van der Waals surface area contributed by atoms with Gasteiger partial charge < -0.3 is 0 Å². The fraction of sp³-hybridized carbons (Fsp3) is 0.500. The van der Waals surface area contributed by atoms with Crippen molar-refractivity contribution < 1.29 is 5.21 Å². The summed E-state index contributed by atoms with van der Waals surface area (Å²) in [5.74, 6) is 0. The van der Waals surface area contributed by atoms with Gasteiger partial charge in [-0.1, -0.05) is 18.2 Å². The van der Waals surface area contributed by atoms with Gasteiger partial charge in [0, 0.05) is 12.1 Å². The third-order valence-electron chi connectivity index (χ3n) is 2.75. The molecule has 0 amide bonds. The lowest BCUT2D eigenvalue weighted by Crippen LogP contribution is -2.59. The van der Waals surface area contributed by atoms with Crippen molar-refractivity contribution in [2.24, 2.45) is 0 Å². The number of quaternary nitrogens is 1. The highest BCUT2D eigenvalue weighted by molar-refractivity contribution is 5.41. The molecule has 0 fully saturated rings. The van der Waals surface area contributed by atoms with E-state index in [2.05, 4.69) is 0 Å². The monoisotopic (exact) mass is 194 g/mol. The van der Waals surface area contributed by atoms with Crippen molar-refractivity contribution in [1.29, 1.82) is 0 Å². The highest BCUT2D eigenvalue weighted by atomic mass is 16.6. The topological polar surface area (TPSA) is 20.2 Å². The lowest BCUT2D eigenvalue weighted by Gasteiger charge is -2.40. The minimum Gasteiger partial charge on any atom is -0.211 e. The Morgan fingerprint density at radius 2 is 1.64 bits per heavy atom. The van der Waals surface area contributed by atoms with Crippen molar-refractivity contribution in [1.82, 2.24) is 4.65 Å². The Labute approximate surface area is 86.3 Å². The SMILES string of the molecule is CC[N+](O)(c1ccccc1)C(C)(C)C. The van der Waals surface area contributed by atoms with Gasteiger partial charge in [0.25, 0.3) is 0 Å². The molecule has 0 aliphatic heterocycles. The molecular formula is C12H20NO+. The molecule has 1 aromatic rings. The smallest absolute Gasteiger partial charge is 0.165 e. The minimum absolute atomic E-state index is 0.0200. The first kappa shape index (κ1) is 11.2. The molecule has 1 N–H and O–H groups in total. The predicted octanol–water partition coefficient (Wildman–Crippen LogP) is 3.20. The third kappa shape index (κ3) is 1.81. The van der Waals surface area contributed by atoms with Crippen LogP contribution in [0.15, 0.2) is 30.3 Å². The van der Waals surface area contributed by atoms with Crippen LogP contribution in [0.3, 0.4) is 0 Å². The van der Waals surface area contributed by atoms with Crippen molar-refractivity contribution in [2.45, 2.75) is 33.2 Å². The zero-order valence-corrected chi connectivity index (χ0v) is 9.49. The van der Waals surface area contributed by atoms with E-state index in [0.717, 1.165) is 5.69 Å². The summed E-state index contributed by atoms with van der Waals surface area (Å²) in [4.78, 5) is 0. The number of para-hydroxylation sites is 1. The Bertz CT molecular complexity index is 289. The molecule has 1 rings (SSSR count). The molecule has 0 spiro atoms. The highest BCUT2D eigenvalue weighted by Crippen LogP contribution is 2.29. The quantitative estimate of drug-likeness (QED) is 0.566. The molecule has 14 heavy (non-hydrogen) atoms. The second-order valence-corrected chi connectivity index (χ2v) is 4.59. The fourth-order valence-electron chi connectivity index (χ4n) is 1.72. The standard InChI is InChI=1S/C12H20NO/c1-5-13(14,12(2,3)4)11-9-7-6-8-10-11/h6-10,14H,5H2,1-4H3/q+1. The molecule has 0 heterocycles. The molecule has 2 heteroatoms.